The van der Waals surface area contributed by atoms with E-state index in [2.05, 4.69) is 105 Å². The maximum Gasteiger partial charge on any atom is 0.357 e. The maximum absolute atomic E-state index is 15.3. The van der Waals surface area contributed by atoms with Crippen LogP contribution in [-0.4, -0.2) is 192 Å². The molecule has 1 aliphatic carbocycles. The monoisotopic (exact) mass is 1650 g/mol. The highest BCUT2D eigenvalue weighted by Gasteiger charge is 2.48. The lowest BCUT2D eigenvalue weighted by Crippen LogP contribution is -2.56. The van der Waals surface area contributed by atoms with Gasteiger partial charge in [0.25, 0.3) is 41.4 Å². The number of nitrogens with zero attached hydrogens (tertiary/aromatic N) is 7. The maximum atomic E-state index is 15.3. The van der Waals surface area contributed by atoms with Gasteiger partial charge in [-0.15, -0.1) is 57.1 Å². The van der Waals surface area contributed by atoms with Crippen LogP contribution in [0.3, 0.4) is 0 Å². The van der Waals surface area contributed by atoms with Gasteiger partial charge in [-0.3, -0.25) is 68.0 Å². The summed E-state index contributed by atoms with van der Waals surface area (Å²) in [7, 11) is 0. The summed E-state index contributed by atoms with van der Waals surface area (Å²) in [5.74, 6) is -12.7. The second-order valence-electron chi connectivity index (χ2n) is 27.5. The molecule has 5 aromatic rings. The number of nitrogens with one attached hydrogen (secondary N) is 11. The van der Waals surface area contributed by atoms with Crippen LogP contribution in [0.1, 0.15) is 190 Å². The number of fused-ring (bicyclic) bond motifs is 7. The molecule has 37 nitrogen and oxygen atoms in total. The standard InChI is InChI=1S/C71H81N19O18S5/c1-14-37-64-83-45(22-109-64)61(103)89-52(70(13,107)34(12)93)67-85-44(23-112-67)59(101)88-49-33(11)108-68(106)39-17-36(31(9)91)35-15-16-38(51(94)50(35)80-39)79-47(25(2)3)62(104)77-29(7)56(98)74-27(5)55(97)75-30(8)57(99)90-71(69-86-46(24-113-69)60(102)87-48(32(10)92)63(105)81-37)18-40(42-20-111-66(49)82-42)78-41(19-71)65-84-43(21-110-65)58(100)76-28(6)54(96)73-26(4)53(72)95/h14-17,20-21,23-25,30-34,38,40,45,47-49,51-52,79,91-94,107H,4-7,18-19,22H2,1-3,8-13H3,(H2,72,95)(H,73,96)(H,74,98)(H,75,97)(H,76,100)(H,77,104)(H,81,105)(H,87,102)(H,88,101)(H,89,103)(H,90,99)/b37-14-. The second kappa shape index (κ2) is 34.7. The summed E-state index contributed by atoms with van der Waals surface area (Å²) in [6.45, 7) is 27.0. The van der Waals surface area contributed by atoms with E-state index in [-0.39, 0.29) is 88.3 Å². The van der Waals surface area contributed by atoms with Crippen molar-refractivity contribution in [1.82, 2.24) is 83.4 Å². The molecule has 14 bridgehead atoms. The van der Waals surface area contributed by atoms with Crippen LogP contribution >= 0.6 is 57.1 Å². The molecule has 0 saturated carbocycles. The fraction of sp³-hybridized carbons (Fsp3) is 0.394. The Morgan fingerprint density at radius 3 is 2.08 bits per heavy atom. The topological polar surface area (TPSA) is 563 Å². The Kier molecular flexibility index (Phi) is 26.0. The van der Waals surface area contributed by atoms with E-state index in [4.69, 9.17) is 25.4 Å². The van der Waals surface area contributed by atoms with Crippen LogP contribution in [0.2, 0.25) is 0 Å². The van der Waals surface area contributed by atoms with Crippen LogP contribution in [0.25, 0.3) is 6.08 Å². The first-order valence-electron chi connectivity index (χ1n) is 34.8. The van der Waals surface area contributed by atoms with Crippen LogP contribution in [0, 0.1) is 5.92 Å². The zero-order valence-electron chi connectivity index (χ0n) is 61.9. The highest BCUT2D eigenvalue weighted by Crippen LogP contribution is 2.45. The number of nitrogens with two attached hydrogens (primary N) is 1. The van der Waals surface area contributed by atoms with Crippen LogP contribution in [0.15, 0.2) is 105 Å². The molecule has 15 unspecified atom stereocenters. The minimum Gasteiger partial charge on any atom is -0.455 e. The van der Waals surface area contributed by atoms with Crippen molar-refractivity contribution in [2.24, 2.45) is 21.6 Å². The van der Waals surface area contributed by atoms with Crippen LogP contribution < -0.4 is 64.2 Å². The van der Waals surface area contributed by atoms with E-state index in [1.165, 1.54) is 87.4 Å². The molecule has 5 aromatic heterocycles. The van der Waals surface area contributed by atoms with Crippen molar-refractivity contribution in [1.29, 1.82) is 0 Å². The first-order valence-corrected chi connectivity index (χ1v) is 39.3. The molecule has 9 heterocycles. The molecular weight excluding hydrogens is 1570 g/mol. The zero-order valence-corrected chi connectivity index (χ0v) is 66.0. The summed E-state index contributed by atoms with van der Waals surface area (Å²) < 4.78 is 6.22. The van der Waals surface area contributed by atoms with Gasteiger partial charge in [0.1, 0.15) is 95.9 Å². The number of aliphatic hydroxyl groups excluding tert-OH is 4. The van der Waals surface area contributed by atoms with Gasteiger partial charge in [-0.1, -0.05) is 58.4 Å². The van der Waals surface area contributed by atoms with Crippen molar-refractivity contribution in [3.8, 4) is 0 Å². The zero-order chi connectivity index (χ0) is 82.7. The molecule has 11 amide bonds. The van der Waals surface area contributed by atoms with Gasteiger partial charge in [-0.05, 0) is 66.0 Å². The van der Waals surface area contributed by atoms with Crippen molar-refractivity contribution in [3.63, 3.8) is 0 Å². The lowest BCUT2D eigenvalue weighted by atomic mass is 9.82. The van der Waals surface area contributed by atoms with Crippen molar-refractivity contribution in [2.75, 3.05) is 5.75 Å². The number of amides is 11. The number of carbonyl (C=O) groups excluding carboxylic acids is 12. The summed E-state index contributed by atoms with van der Waals surface area (Å²) in [6, 6.07) is -9.99. The summed E-state index contributed by atoms with van der Waals surface area (Å²) in [5.41, 5.74) is -2.45. The average molecular weight is 1650 g/mol. The Balaban J connectivity index is 1.16. The minimum absolute atomic E-state index is 0.00605. The Morgan fingerprint density at radius 2 is 1.41 bits per heavy atom. The molecule has 0 radical (unpaired) electrons. The first-order chi connectivity index (χ1) is 53.2. The van der Waals surface area contributed by atoms with Gasteiger partial charge >= 0.3 is 5.97 Å². The quantitative estimate of drug-likeness (QED) is 0.0633. The highest BCUT2D eigenvalue weighted by atomic mass is 32.2. The molecule has 42 heteroatoms. The smallest absolute Gasteiger partial charge is 0.357 e. The number of aromatic nitrogens is 5. The Morgan fingerprint density at radius 1 is 0.735 bits per heavy atom. The third kappa shape index (κ3) is 18.8. The lowest BCUT2D eigenvalue weighted by Gasteiger charge is -2.39. The highest BCUT2D eigenvalue weighted by molar-refractivity contribution is 8.14. The molecule has 15 atom stereocenters. The van der Waals surface area contributed by atoms with E-state index in [1.54, 1.807) is 20.8 Å². The van der Waals surface area contributed by atoms with Gasteiger partial charge in [0, 0.05) is 45.7 Å². The van der Waals surface area contributed by atoms with Crippen LogP contribution in [-0.2, 0) is 48.6 Å². The molecule has 0 aromatic carbocycles. The second-order valence-corrected chi connectivity index (χ2v) is 32.0. The number of thioether (sulfide) groups is 1. The largest absolute Gasteiger partial charge is 0.455 e. The molecular formula is C71H81N19O18S5. The SMILES string of the molecule is C=C(NC(=O)C(=C)NC(=O)c1csc(C2=NC3CC4(C2)NC(=O)C(C)NC(=O)C(=C)NC(=O)C(=C)NC(=O)C(C(C)C)NC2C=Cc5c(C(C)O)cc(nc5C2O)C(=O)OC(C)C(NC(=O)c2csc(n2)C(C(C)(O)C(C)O)NC(=O)C2CSC(=N2)/C(=C/C)NC(=O)C(C(C)O)NC(=O)c2csc4n2)c2nc3cs2)n1)C(N)=O. The number of hydrogen-bond donors (Lipinski definition) is 17. The number of aliphatic imine (C=N–C) groups is 2. The summed E-state index contributed by atoms with van der Waals surface area (Å²) >= 11 is 4.41. The predicted molar refractivity (Wildman–Crippen MR) is 413 cm³/mol. The predicted octanol–water partition coefficient (Wildman–Crippen LogP) is 0.509. The fourth-order valence-corrected chi connectivity index (χ4v) is 16.8. The molecule has 10 rings (SSSR count). The number of carbonyl (C=O) groups is 12. The number of rotatable bonds is 11. The first kappa shape index (κ1) is 84.6. The fourth-order valence-electron chi connectivity index (χ4n) is 12.0. The Bertz CT molecular complexity index is 4920. The van der Waals surface area contributed by atoms with Gasteiger partial charge in [-0.2, -0.15) is 0 Å². The van der Waals surface area contributed by atoms with Crippen molar-refractivity contribution < 1.29 is 87.8 Å². The van der Waals surface area contributed by atoms with E-state index in [0.29, 0.717) is 0 Å². The molecule has 0 saturated heterocycles. The van der Waals surface area contributed by atoms with Gasteiger partial charge in [0.2, 0.25) is 23.6 Å². The van der Waals surface area contributed by atoms with E-state index in [9.17, 15) is 73.5 Å². The number of esters is 1. The van der Waals surface area contributed by atoms with E-state index in [0.717, 1.165) is 57.1 Å². The van der Waals surface area contributed by atoms with Crippen molar-refractivity contribution >= 4 is 145 Å². The van der Waals surface area contributed by atoms with Crippen molar-refractivity contribution in [3.05, 3.63) is 160 Å². The number of pyridine rings is 1. The number of cyclic esters (lactones) is 1. The number of thiazole rings is 4. The molecule has 113 heavy (non-hydrogen) atoms. The Hall–Kier alpha value is -10.8. The molecule has 5 aliphatic rings. The normalized spacial score (nSPS) is 26.1. The lowest BCUT2D eigenvalue weighted by molar-refractivity contribution is -0.129. The third-order valence-corrected chi connectivity index (χ3v) is 23.5. The van der Waals surface area contributed by atoms with Crippen LogP contribution in [0.4, 0.5) is 0 Å². The summed E-state index contributed by atoms with van der Waals surface area (Å²) in [4.78, 5) is 203. The number of allylic oxidation sites excluding steroid dienone is 1. The number of ether oxygens (including phenoxy) is 1. The van der Waals surface area contributed by atoms with Gasteiger partial charge in [-0.25, -0.2) is 29.7 Å². The third-order valence-electron chi connectivity index (χ3n) is 18.6. The summed E-state index contributed by atoms with van der Waals surface area (Å²) in [5, 5.41) is 91.4. The van der Waals surface area contributed by atoms with E-state index in [1.807, 2.05) is 0 Å². The number of primary amides is 1. The van der Waals surface area contributed by atoms with Gasteiger partial charge in [0.05, 0.1) is 87.6 Å². The average Bonchev–Trinajstić information content (AvgIpc) is 1.59. The molecule has 4 aliphatic heterocycles. The van der Waals surface area contributed by atoms with E-state index >= 15 is 9.59 Å². The van der Waals surface area contributed by atoms with Gasteiger partial charge < -0.3 is 89.2 Å². The van der Waals surface area contributed by atoms with E-state index < -0.39 is 202 Å². The summed E-state index contributed by atoms with van der Waals surface area (Å²) in [6.07, 6.45) is -3.97. The molecule has 18 N–H and O–H groups in total. The number of hydrogen-bond acceptors (Lipinski definition) is 31. The molecule has 598 valence electrons. The molecule has 0 fully saturated rings. The molecule has 0 spiro atoms. The van der Waals surface area contributed by atoms with Gasteiger partial charge in [0.15, 0.2) is 0 Å². The van der Waals surface area contributed by atoms with Crippen molar-refractivity contribution in [2.45, 2.75) is 165 Å². The number of aliphatic hydroxyl groups is 5. The Labute approximate surface area is 664 Å². The van der Waals surface area contributed by atoms with Crippen LogP contribution in [0.5, 0.6) is 0 Å². The minimum atomic E-state index is -2.20.